The molecule has 0 saturated carbocycles. The standard InChI is InChI=1S/C22H28N2O7S/c1-16-8-7-9-19(22(27)23-28)21(16)24(15-6-4-3-5-10-20(25)26)32(29,30)18-13-11-17(31-2)12-14-18/h7-9,11-14,28H,3-6,10,15H2,1-2H3,(H,23,27)(H,25,26). The summed E-state index contributed by atoms with van der Waals surface area (Å²) in [5.74, 6) is -1.18. The first kappa shape index (κ1) is 25.2. The second kappa shape index (κ2) is 11.5. The summed E-state index contributed by atoms with van der Waals surface area (Å²) >= 11 is 0. The van der Waals surface area contributed by atoms with Crippen molar-refractivity contribution in [3.63, 3.8) is 0 Å². The summed E-state index contributed by atoms with van der Waals surface area (Å²) < 4.78 is 33.4. The fraction of sp³-hybridized carbons (Fsp3) is 0.364. The van der Waals surface area contributed by atoms with Crippen LogP contribution >= 0.6 is 0 Å². The smallest absolute Gasteiger partial charge is 0.303 e. The van der Waals surface area contributed by atoms with Gasteiger partial charge in [-0.15, -0.1) is 0 Å². The Hall–Kier alpha value is -3.11. The average molecular weight is 465 g/mol. The second-order valence-electron chi connectivity index (χ2n) is 7.22. The van der Waals surface area contributed by atoms with Crippen LogP contribution < -0.4 is 14.5 Å². The molecular weight excluding hydrogens is 436 g/mol. The molecule has 0 aliphatic rings. The van der Waals surface area contributed by atoms with E-state index in [1.807, 2.05) is 0 Å². The molecule has 1 amide bonds. The van der Waals surface area contributed by atoms with E-state index in [1.165, 1.54) is 41.7 Å². The van der Waals surface area contributed by atoms with E-state index in [9.17, 15) is 18.0 Å². The van der Waals surface area contributed by atoms with Crippen LogP contribution in [0.15, 0.2) is 47.4 Å². The van der Waals surface area contributed by atoms with Crippen LogP contribution in [0.3, 0.4) is 0 Å². The number of hydrogen-bond acceptors (Lipinski definition) is 6. The van der Waals surface area contributed by atoms with Gasteiger partial charge < -0.3 is 9.84 Å². The van der Waals surface area contributed by atoms with Gasteiger partial charge in [-0.1, -0.05) is 25.0 Å². The second-order valence-corrected chi connectivity index (χ2v) is 9.08. The number of carboxylic acid groups (broad SMARTS) is 1. The van der Waals surface area contributed by atoms with Gasteiger partial charge in [0.05, 0.1) is 23.3 Å². The fourth-order valence-electron chi connectivity index (χ4n) is 3.35. The van der Waals surface area contributed by atoms with Gasteiger partial charge in [-0.2, -0.15) is 0 Å². The highest BCUT2D eigenvalue weighted by Gasteiger charge is 2.29. The van der Waals surface area contributed by atoms with Crippen molar-refractivity contribution in [2.45, 2.75) is 43.9 Å². The molecule has 2 aromatic rings. The van der Waals surface area contributed by atoms with Crippen molar-refractivity contribution in [1.82, 2.24) is 5.48 Å². The van der Waals surface area contributed by atoms with E-state index in [4.69, 9.17) is 15.1 Å². The van der Waals surface area contributed by atoms with Crippen molar-refractivity contribution in [1.29, 1.82) is 0 Å². The number of nitrogens with one attached hydrogen (secondary N) is 1. The third-order valence-electron chi connectivity index (χ3n) is 4.98. The minimum absolute atomic E-state index is 0.0236. The summed E-state index contributed by atoms with van der Waals surface area (Å²) in [6, 6.07) is 10.7. The SMILES string of the molecule is COc1ccc(S(=O)(=O)N(CCCCCCC(=O)O)c2c(C)cccc2C(=O)NO)cc1. The minimum atomic E-state index is -4.05. The fourth-order valence-corrected chi connectivity index (χ4v) is 4.93. The number of hydroxylamine groups is 1. The molecular formula is C22H28N2O7S. The number of sulfonamides is 1. The van der Waals surface area contributed by atoms with E-state index < -0.39 is 21.9 Å². The Labute approximate surface area is 187 Å². The number of ether oxygens (including phenoxy) is 1. The molecule has 0 aliphatic heterocycles. The van der Waals surface area contributed by atoms with Crippen LogP contribution in [0.4, 0.5) is 5.69 Å². The van der Waals surface area contributed by atoms with Crippen molar-refractivity contribution in [3.8, 4) is 5.75 Å². The Balaban J connectivity index is 2.42. The lowest BCUT2D eigenvalue weighted by Gasteiger charge is -2.28. The van der Waals surface area contributed by atoms with Gasteiger partial charge in [0.25, 0.3) is 15.9 Å². The maximum atomic E-state index is 13.6. The highest BCUT2D eigenvalue weighted by Crippen LogP contribution is 2.31. The predicted octanol–water partition coefficient (Wildman–Crippen LogP) is 3.35. The Morgan fingerprint density at radius 1 is 1.03 bits per heavy atom. The number of rotatable bonds is 12. The van der Waals surface area contributed by atoms with Gasteiger partial charge in [0.2, 0.25) is 0 Å². The van der Waals surface area contributed by atoms with Crippen LogP contribution in [-0.2, 0) is 14.8 Å². The maximum Gasteiger partial charge on any atom is 0.303 e. The highest BCUT2D eigenvalue weighted by atomic mass is 32.2. The number of nitrogens with zero attached hydrogens (tertiary/aromatic N) is 1. The van der Waals surface area contributed by atoms with Gasteiger partial charge in [0.15, 0.2) is 0 Å². The largest absolute Gasteiger partial charge is 0.497 e. The number of carbonyl (C=O) groups excluding carboxylic acids is 1. The van der Waals surface area contributed by atoms with Crippen LogP contribution in [0, 0.1) is 6.92 Å². The Bertz CT molecular complexity index is 1040. The van der Waals surface area contributed by atoms with E-state index in [0.29, 0.717) is 37.0 Å². The molecule has 0 spiro atoms. The van der Waals surface area contributed by atoms with E-state index in [-0.39, 0.29) is 29.1 Å². The number of carboxylic acids is 1. The van der Waals surface area contributed by atoms with E-state index in [0.717, 1.165) is 0 Å². The number of aryl methyl sites for hydroxylation is 1. The number of carbonyl (C=O) groups is 2. The van der Waals surface area contributed by atoms with Crippen molar-refractivity contribution < 1.29 is 33.1 Å². The van der Waals surface area contributed by atoms with Crippen LogP contribution in [0.2, 0.25) is 0 Å². The molecule has 32 heavy (non-hydrogen) atoms. The first-order chi connectivity index (χ1) is 15.2. The highest BCUT2D eigenvalue weighted by molar-refractivity contribution is 7.92. The van der Waals surface area contributed by atoms with Crippen molar-refractivity contribution >= 4 is 27.6 Å². The zero-order valence-electron chi connectivity index (χ0n) is 18.1. The van der Waals surface area contributed by atoms with E-state index in [2.05, 4.69) is 0 Å². The molecule has 0 saturated heterocycles. The average Bonchev–Trinajstić information content (AvgIpc) is 2.78. The molecule has 0 atom stereocenters. The molecule has 9 nitrogen and oxygen atoms in total. The van der Waals surface area contributed by atoms with Crippen molar-refractivity contribution in [2.75, 3.05) is 18.0 Å². The number of methoxy groups -OCH3 is 1. The number of benzene rings is 2. The summed E-state index contributed by atoms with van der Waals surface area (Å²) in [6.07, 6.45) is 2.29. The number of hydrogen-bond donors (Lipinski definition) is 3. The molecule has 0 bridgehead atoms. The minimum Gasteiger partial charge on any atom is -0.497 e. The molecule has 10 heteroatoms. The lowest BCUT2D eigenvalue weighted by atomic mass is 10.1. The Morgan fingerprint density at radius 2 is 1.69 bits per heavy atom. The molecule has 174 valence electrons. The summed E-state index contributed by atoms with van der Waals surface area (Å²) in [5.41, 5.74) is 2.33. The number of unbranched alkanes of at least 4 members (excludes halogenated alkanes) is 3. The number of para-hydroxylation sites is 1. The predicted molar refractivity (Wildman–Crippen MR) is 119 cm³/mol. The molecule has 0 unspecified atom stereocenters. The van der Waals surface area contributed by atoms with Gasteiger partial charge >= 0.3 is 5.97 Å². The number of anilines is 1. The summed E-state index contributed by atoms with van der Waals surface area (Å²) in [5, 5.41) is 17.9. The van der Waals surface area contributed by atoms with Crippen molar-refractivity contribution in [2.24, 2.45) is 0 Å². The zero-order chi connectivity index (χ0) is 23.7. The van der Waals surface area contributed by atoms with E-state index in [1.54, 1.807) is 24.5 Å². The topological polar surface area (TPSA) is 133 Å². The third-order valence-corrected chi connectivity index (χ3v) is 6.80. The molecule has 0 heterocycles. The summed E-state index contributed by atoms with van der Waals surface area (Å²) in [7, 11) is -2.57. The van der Waals surface area contributed by atoms with Gasteiger partial charge in [0, 0.05) is 13.0 Å². The van der Waals surface area contributed by atoms with Gasteiger partial charge in [-0.25, -0.2) is 13.9 Å². The maximum absolute atomic E-state index is 13.6. The van der Waals surface area contributed by atoms with Crippen LogP contribution in [0.25, 0.3) is 0 Å². The zero-order valence-corrected chi connectivity index (χ0v) is 18.9. The van der Waals surface area contributed by atoms with Gasteiger partial charge in [-0.3, -0.25) is 19.1 Å². The normalized spacial score (nSPS) is 11.1. The molecule has 3 N–H and O–H groups in total. The molecule has 0 aromatic heterocycles. The van der Waals surface area contributed by atoms with Crippen LogP contribution in [-0.4, -0.2) is 44.3 Å². The lowest BCUT2D eigenvalue weighted by Crippen LogP contribution is -2.35. The first-order valence-corrected chi connectivity index (χ1v) is 11.6. The molecule has 0 fully saturated rings. The van der Waals surface area contributed by atoms with Gasteiger partial charge in [0.1, 0.15) is 5.75 Å². The molecule has 2 rings (SSSR count). The first-order valence-electron chi connectivity index (χ1n) is 10.1. The Morgan fingerprint density at radius 3 is 2.28 bits per heavy atom. The molecule has 0 aliphatic carbocycles. The van der Waals surface area contributed by atoms with Gasteiger partial charge in [-0.05, 0) is 55.7 Å². The Kier molecular flexibility index (Phi) is 9.03. The van der Waals surface area contributed by atoms with Crippen LogP contribution in [0.5, 0.6) is 5.75 Å². The monoisotopic (exact) mass is 464 g/mol. The van der Waals surface area contributed by atoms with Crippen LogP contribution in [0.1, 0.15) is 48.0 Å². The summed E-state index contributed by atoms with van der Waals surface area (Å²) in [4.78, 5) is 23.0. The number of aliphatic carboxylic acids is 1. The quantitative estimate of drug-likeness (QED) is 0.249. The van der Waals surface area contributed by atoms with E-state index >= 15 is 0 Å². The summed E-state index contributed by atoms with van der Waals surface area (Å²) in [6.45, 7) is 1.77. The molecule has 0 radical (unpaired) electrons. The lowest BCUT2D eigenvalue weighted by molar-refractivity contribution is -0.137. The third kappa shape index (κ3) is 6.21. The number of amides is 1. The van der Waals surface area contributed by atoms with Crippen molar-refractivity contribution in [3.05, 3.63) is 53.6 Å². The molecule has 2 aromatic carbocycles.